The highest BCUT2D eigenvalue weighted by atomic mass is 15.4. The summed E-state index contributed by atoms with van der Waals surface area (Å²) < 4.78 is 3.77. The van der Waals surface area contributed by atoms with Gasteiger partial charge < -0.3 is 5.32 Å². The number of aryl methyl sites for hydroxylation is 3. The molecule has 2 rings (SSSR count). The fraction of sp³-hybridized carbons (Fsp3) is 0.583. The van der Waals surface area contributed by atoms with Gasteiger partial charge >= 0.3 is 0 Å². The van der Waals surface area contributed by atoms with Crippen LogP contribution in [0.4, 0.5) is 0 Å². The highest BCUT2D eigenvalue weighted by Gasteiger charge is 2.02. The molecule has 6 heteroatoms. The average Bonchev–Trinajstić information content (AvgIpc) is 2.96. The van der Waals surface area contributed by atoms with Gasteiger partial charge in [-0.05, 0) is 19.0 Å². The highest BCUT2D eigenvalue weighted by Crippen LogP contribution is 2.00. The Morgan fingerprint density at radius 2 is 2.28 bits per heavy atom. The van der Waals surface area contributed by atoms with E-state index in [1.165, 1.54) is 5.69 Å². The summed E-state index contributed by atoms with van der Waals surface area (Å²) in [6.45, 7) is 4.79. The lowest BCUT2D eigenvalue weighted by Gasteiger charge is -2.01. The summed E-state index contributed by atoms with van der Waals surface area (Å²) in [7, 11) is 1.96. The van der Waals surface area contributed by atoms with Crippen LogP contribution >= 0.6 is 0 Å². The molecule has 2 heterocycles. The minimum Gasteiger partial charge on any atom is -0.311 e. The fourth-order valence-electron chi connectivity index (χ4n) is 1.80. The molecule has 2 aromatic heterocycles. The second kappa shape index (κ2) is 6.30. The van der Waals surface area contributed by atoms with Gasteiger partial charge in [0, 0.05) is 44.6 Å². The SMILES string of the molecule is CCCNCc1cn(CCc2ccnn2C)nn1. The molecule has 1 N–H and O–H groups in total. The summed E-state index contributed by atoms with van der Waals surface area (Å²) in [4.78, 5) is 0. The van der Waals surface area contributed by atoms with Gasteiger partial charge in [0.1, 0.15) is 0 Å². The van der Waals surface area contributed by atoms with Crippen molar-refractivity contribution < 1.29 is 0 Å². The van der Waals surface area contributed by atoms with Crippen LogP contribution in [0.1, 0.15) is 24.7 Å². The Morgan fingerprint density at radius 3 is 3.00 bits per heavy atom. The minimum absolute atomic E-state index is 0.791. The van der Waals surface area contributed by atoms with Gasteiger partial charge in [-0.25, -0.2) is 0 Å². The summed E-state index contributed by atoms with van der Waals surface area (Å²) in [5.74, 6) is 0. The molecule has 0 saturated carbocycles. The number of nitrogens with one attached hydrogen (secondary N) is 1. The predicted octanol–water partition coefficient (Wildman–Crippen LogP) is 0.754. The lowest BCUT2D eigenvalue weighted by Crippen LogP contribution is -2.13. The third-order valence-corrected chi connectivity index (χ3v) is 2.84. The molecular formula is C12H20N6. The zero-order chi connectivity index (χ0) is 12.8. The van der Waals surface area contributed by atoms with Crippen molar-refractivity contribution in [2.45, 2.75) is 32.9 Å². The van der Waals surface area contributed by atoms with E-state index in [4.69, 9.17) is 0 Å². The van der Waals surface area contributed by atoms with Crippen LogP contribution in [0.2, 0.25) is 0 Å². The Hall–Kier alpha value is -1.69. The van der Waals surface area contributed by atoms with E-state index in [1.807, 2.05) is 34.9 Å². The van der Waals surface area contributed by atoms with Gasteiger partial charge in [-0.15, -0.1) is 5.10 Å². The summed E-state index contributed by atoms with van der Waals surface area (Å²) in [6, 6.07) is 2.03. The number of aromatic nitrogens is 5. The predicted molar refractivity (Wildman–Crippen MR) is 68.9 cm³/mol. The van der Waals surface area contributed by atoms with Gasteiger partial charge in [-0.3, -0.25) is 9.36 Å². The van der Waals surface area contributed by atoms with Crippen LogP contribution in [-0.2, 0) is 26.6 Å². The van der Waals surface area contributed by atoms with Crippen molar-refractivity contribution in [1.82, 2.24) is 30.1 Å². The summed E-state index contributed by atoms with van der Waals surface area (Å²) >= 11 is 0. The molecule has 0 aromatic carbocycles. The molecule has 2 aromatic rings. The van der Waals surface area contributed by atoms with Crippen LogP contribution in [0, 0.1) is 0 Å². The first-order valence-corrected chi connectivity index (χ1v) is 6.36. The molecule has 6 nitrogen and oxygen atoms in total. The standard InChI is InChI=1S/C12H20N6/c1-3-6-13-9-11-10-18(16-15-11)8-5-12-4-7-14-17(12)2/h4,7,10,13H,3,5-6,8-9H2,1-2H3. The molecule has 0 radical (unpaired) electrons. The van der Waals surface area contributed by atoms with E-state index in [0.717, 1.165) is 38.2 Å². The average molecular weight is 248 g/mol. The number of hydrogen-bond donors (Lipinski definition) is 1. The lowest BCUT2D eigenvalue weighted by molar-refractivity contribution is 0.567. The Kier molecular flexibility index (Phi) is 4.46. The second-order valence-electron chi connectivity index (χ2n) is 4.35. The van der Waals surface area contributed by atoms with E-state index in [0.29, 0.717) is 0 Å². The molecule has 98 valence electrons. The van der Waals surface area contributed by atoms with Gasteiger partial charge in [0.05, 0.1) is 5.69 Å². The van der Waals surface area contributed by atoms with Crippen molar-refractivity contribution in [3.8, 4) is 0 Å². The zero-order valence-electron chi connectivity index (χ0n) is 11.0. The summed E-state index contributed by atoms with van der Waals surface area (Å²) in [6.07, 6.45) is 5.87. The van der Waals surface area contributed by atoms with Crippen LogP contribution in [0.15, 0.2) is 18.5 Å². The maximum atomic E-state index is 4.15. The molecule has 18 heavy (non-hydrogen) atoms. The Bertz CT molecular complexity index is 472. The molecule has 0 aliphatic carbocycles. The van der Waals surface area contributed by atoms with E-state index in [9.17, 15) is 0 Å². The van der Waals surface area contributed by atoms with Crippen molar-refractivity contribution in [2.24, 2.45) is 7.05 Å². The molecule has 0 amide bonds. The molecule has 0 atom stereocenters. The first kappa shape index (κ1) is 12.8. The first-order chi connectivity index (χ1) is 8.79. The number of rotatable bonds is 7. The van der Waals surface area contributed by atoms with Gasteiger partial charge in [0.2, 0.25) is 0 Å². The fourth-order valence-corrected chi connectivity index (χ4v) is 1.80. The Morgan fingerprint density at radius 1 is 1.39 bits per heavy atom. The normalized spacial score (nSPS) is 11.0. The highest BCUT2D eigenvalue weighted by molar-refractivity contribution is 5.00. The van der Waals surface area contributed by atoms with Crippen molar-refractivity contribution in [2.75, 3.05) is 6.54 Å². The van der Waals surface area contributed by atoms with E-state index in [-0.39, 0.29) is 0 Å². The van der Waals surface area contributed by atoms with Crippen molar-refractivity contribution in [1.29, 1.82) is 0 Å². The zero-order valence-corrected chi connectivity index (χ0v) is 11.0. The van der Waals surface area contributed by atoms with Crippen molar-refractivity contribution >= 4 is 0 Å². The second-order valence-corrected chi connectivity index (χ2v) is 4.35. The smallest absolute Gasteiger partial charge is 0.0964 e. The van der Waals surface area contributed by atoms with Gasteiger partial charge in [-0.1, -0.05) is 12.1 Å². The molecule has 0 fully saturated rings. The largest absolute Gasteiger partial charge is 0.311 e. The minimum atomic E-state index is 0.791. The number of hydrogen-bond acceptors (Lipinski definition) is 4. The van der Waals surface area contributed by atoms with Gasteiger partial charge in [0.15, 0.2) is 0 Å². The van der Waals surface area contributed by atoms with Crippen LogP contribution in [0.5, 0.6) is 0 Å². The Labute approximate surface area is 107 Å². The maximum absolute atomic E-state index is 4.15. The maximum Gasteiger partial charge on any atom is 0.0964 e. The molecule has 0 spiro atoms. The molecule has 0 aliphatic rings. The molecule has 0 aliphatic heterocycles. The third-order valence-electron chi connectivity index (χ3n) is 2.84. The molecule has 0 saturated heterocycles. The van der Waals surface area contributed by atoms with Crippen LogP contribution in [-0.4, -0.2) is 31.3 Å². The first-order valence-electron chi connectivity index (χ1n) is 6.36. The van der Waals surface area contributed by atoms with E-state index in [1.54, 1.807) is 0 Å². The quantitative estimate of drug-likeness (QED) is 0.735. The number of nitrogens with zero attached hydrogens (tertiary/aromatic N) is 5. The van der Waals surface area contributed by atoms with Crippen molar-refractivity contribution in [3.05, 3.63) is 29.8 Å². The topological polar surface area (TPSA) is 60.6 Å². The van der Waals surface area contributed by atoms with E-state index in [2.05, 4.69) is 27.7 Å². The van der Waals surface area contributed by atoms with Gasteiger partial charge in [-0.2, -0.15) is 5.10 Å². The van der Waals surface area contributed by atoms with Crippen molar-refractivity contribution in [3.63, 3.8) is 0 Å². The van der Waals surface area contributed by atoms with E-state index >= 15 is 0 Å². The molecule has 0 unspecified atom stereocenters. The van der Waals surface area contributed by atoms with E-state index < -0.39 is 0 Å². The Balaban J connectivity index is 1.81. The monoisotopic (exact) mass is 248 g/mol. The summed E-state index contributed by atoms with van der Waals surface area (Å²) in [5.41, 5.74) is 2.20. The third kappa shape index (κ3) is 3.40. The van der Waals surface area contributed by atoms with Crippen LogP contribution < -0.4 is 5.32 Å². The van der Waals surface area contributed by atoms with Crippen LogP contribution in [0.3, 0.4) is 0 Å². The van der Waals surface area contributed by atoms with Gasteiger partial charge in [0.25, 0.3) is 0 Å². The lowest BCUT2D eigenvalue weighted by atomic mass is 10.3. The van der Waals surface area contributed by atoms with Crippen LogP contribution in [0.25, 0.3) is 0 Å². The molecular weight excluding hydrogens is 228 g/mol. The summed E-state index contributed by atoms with van der Waals surface area (Å²) in [5, 5.41) is 15.7. The molecule has 0 bridgehead atoms.